The molecule has 7 nitrogen and oxygen atoms in total. The lowest BCUT2D eigenvalue weighted by atomic mass is 9.93. The van der Waals surface area contributed by atoms with E-state index in [0.29, 0.717) is 42.5 Å². The second-order valence-corrected chi connectivity index (χ2v) is 9.68. The van der Waals surface area contributed by atoms with Crippen molar-refractivity contribution in [2.45, 2.75) is 26.2 Å². The van der Waals surface area contributed by atoms with Crippen molar-refractivity contribution < 1.29 is 18.7 Å². The number of aryl methyl sites for hydroxylation is 1. The van der Waals surface area contributed by atoms with E-state index in [0.717, 1.165) is 56.3 Å². The quantitative estimate of drug-likeness (QED) is 0.668. The minimum Gasteiger partial charge on any atom is -0.379 e. The fourth-order valence-electron chi connectivity index (χ4n) is 4.31. The summed E-state index contributed by atoms with van der Waals surface area (Å²) in [5.41, 5.74) is 1.51. The van der Waals surface area contributed by atoms with E-state index in [2.05, 4.69) is 15.2 Å². The monoisotopic (exact) mass is 474 g/mol. The summed E-state index contributed by atoms with van der Waals surface area (Å²) in [5.74, 6) is 0.0915. The average Bonchev–Trinajstić information content (AvgIpc) is 3.22. The fraction of sp³-hybridized carbons (Fsp3) is 0.542. The van der Waals surface area contributed by atoms with Gasteiger partial charge in [0.25, 0.3) is 5.91 Å². The Morgan fingerprint density at radius 3 is 2.55 bits per heavy atom. The molecular formula is C24H31FN4O3S. The molecule has 2 saturated heterocycles. The number of carbonyl (C=O) groups is 2. The number of nitrogens with zero attached hydrogens (tertiary/aromatic N) is 3. The van der Waals surface area contributed by atoms with E-state index in [1.807, 2.05) is 11.8 Å². The summed E-state index contributed by atoms with van der Waals surface area (Å²) in [6, 6.07) is 6.16. The van der Waals surface area contributed by atoms with E-state index in [1.54, 1.807) is 12.1 Å². The van der Waals surface area contributed by atoms with Gasteiger partial charge in [-0.1, -0.05) is 0 Å². The normalized spacial score (nSPS) is 17.8. The number of likely N-dealkylation sites (tertiary alicyclic amines) is 1. The molecule has 0 saturated carbocycles. The summed E-state index contributed by atoms with van der Waals surface area (Å²) in [7, 11) is 0. The first-order chi connectivity index (χ1) is 16.0. The van der Waals surface area contributed by atoms with Crippen LogP contribution in [-0.2, 0) is 9.53 Å². The average molecular weight is 475 g/mol. The van der Waals surface area contributed by atoms with Crippen molar-refractivity contribution in [3.8, 4) is 10.6 Å². The van der Waals surface area contributed by atoms with Gasteiger partial charge < -0.3 is 15.0 Å². The van der Waals surface area contributed by atoms with E-state index in [9.17, 15) is 14.0 Å². The van der Waals surface area contributed by atoms with Crippen LogP contribution >= 0.6 is 11.3 Å². The van der Waals surface area contributed by atoms with Crippen molar-refractivity contribution in [2.75, 3.05) is 52.5 Å². The Labute approximate surface area is 197 Å². The third kappa shape index (κ3) is 6.37. The van der Waals surface area contributed by atoms with Gasteiger partial charge in [-0.25, -0.2) is 9.37 Å². The number of carbonyl (C=O) groups excluding carboxylic acids is 2. The zero-order chi connectivity index (χ0) is 23.2. The molecule has 2 aliphatic rings. The molecule has 0 bridgehead atoms. The molecule has 2 amide bonds. The molecule has 33 heavy (non-hydrogen) atoms. The van der Waals surface area contributed by atoms with Crippen molar-refractivity contribution in [1.82, 2.24) is 20.1 Å². The van der Waals surface area contributed by atoms with E-state index >= 15 is 0 Å². The first-order valence-corrected chi connectivity index (χ1v) is 12.4. The van der Waals surface area contributed by atoms with Gasteiger partial charge in [-0.3, -0.25) is 14.5 Å². The van der Waals surface area contributed by atoms with E-state index in [-0.39, 0.29) is 17.6 Å². The van der Waals surface area contributed by atoms with Crippen LogP contribution < -0.4 is 5.32 Å². The molecule has 3 heterocycles. The third-order valence-corrected chi connectivity index (χ3v) is 7.51. The summed E-state index contributed by atoms with van der Waals surface area (Å²) in [6.45, 7) is 8.03. The summed E-state index contributed by atoms with van der Waals surface area (Å²) < 4.78 is 18.5. The standard InChI is InChI=1S/C24H31FN4O3S/c1-17-22(33-23(27-17)19-2-4-20(25)5-3-19)24(31)29-9-6-18(7-10-29)16-21(30)26-8-11-28-12-14-32-15-13-28/h2-5,18H,6-16H2,1H3,(H,26,30). The van der Waals surface area contributed by atoms with Gasteiger partial charge in [-0.05, 0) is 49.9 Å². The zero-order valence-corrected chi connectivity index (χ0v) is 19.8. The number of hydrogen-bond acceptors (Lipinski definition) is 6. The molecule has 0 atom stereocenters. The number of thiazole rings is 1. The number of nitrogens with one attached hydrogen (secondary N) is 1. The number of piperidine rings is 1. The third-order valence-electron chi connectivity index (χ3n) is 6.31. The predicted molar refractivity (Wildman–Crippen MR) is 126 cm³/mol. The maximum Gasteiger partial charge on any atom is 0.265 e. The Hall–Kier alpha value is -2.36. The molecule has 0 unspecified atom stereocenters. The molecule has 1 aromatic carbocycles. The van der Waals surface area contributed by atoms with Crippen LogP contribution in [0.2, 0.25) is 0 Å². The molecule has 9 heteroatoms. The van der Waals surface area contributed by atoms with Crippen LogP contribution in [0.5, 0.6) is 0 Å². The SMILES string of the molecule is Cc1nc(-c2ccc(F)cc2)sc1C(=O)N1CCC(CC(=O)NCCN2CCOCC2)CC1. The number of hydrogen-bond donors (Lipinski definition) is 1. The fourth-order valence-corrected chi connectivity index (χ4v) is 5.35. The van der Waals surface area contributed by atoms with Crippen LogP contribution in [0.15, 0.2) is 24.3 Å². The number of ether oxygens (including phenoxy) is 1. The highest BCUT2D eigenvalue weighted by atomic mass is 32.1. The Morgan fingerprint density at radius 1 is 1.15 bits per heavy atom. The lowest BCUT2D eigenvalue weighted by molar-refractivity contribution is -0.122. The number of rotatable bonds is 7. The lowest BCUT2D eigenvalue weighted by Crippen LogP contribution is -2.42. The number of morpholine rings is 1. The highest BCUT2D eigenvalue weighted by molar-refractivity contribution is 7.17. The van der Waals surface area contributed by atoms with Crippen LogP contribution in [0.3, 0.4) is 0 Å². The van der Waals surface area contributed by atoms with Gasteiger partial charge in [0.2, 0.25) is 5.91 Å². The van der Waals surface area contributed by atoms with E-state index in [4.69, 9.17) is 4.74 Å². The molecule has 2 aliphatic heterocycles. The van der Waals surface area contributed by atoms with Gasteiger partial charge >= 0.3 is 0 Å². The molecule has 1 aromatic heterocycles. The number of halogens is 1. The topological polar surface area (TPSA) is 74.8 Å². The first kappa shape index (κ1) is 23.8. The molecular weight excluding hydrogens is 443 g/mol. The van der Waals surface area contributed by atoms with Gasteiger partial charge in [0.15, 0.2) is 0 Å². The summed E-state index contributed by atoms with van der Waals surface area (Å²) >= 11 is 1.35. The highest BCUT2D eigenvalue weighted by Gasteiger charge is 2.27. The van der Waals surface area contributed by atoms with E-state index in [1.165, 1.54) is 23.5 Å². The van der Waals surface area contributed by atoms with Gasteiger partial charge in [-0.15, -0.1) is 11.3 Å². The summed E-state index contributed by atoms with van der Waals surface area (Å²) in [4.78, 5) is 34.7. The number of benzene rings is 1. The van der Waals surface area contributed by atoms with E-state index < -0.39 is 0 Å². The maximum atomic E-state index is 13.2. The summed E-state index contributed by atoms with van der Waals surface area (Å²) in [5, 5.41) is 3.76. The van der Waals surface area contributed by atoms with Crippen molar-refractivity contribution in [3.05, 3.63) is 40.7 Å². The second kappa shape index (κ2) is 11.2. The van der Waals surface area contributed by atoms with Crippen molar-refractivity contribution >= 4 is 23.2 Å². The van der Waals surface area contributed by atoms with Crippen molar-refractivity contribution in [1.29, 1.82) is 0 Å². The molecule has 0 aliphatic carbocycles. The predicted octanol–water partition coefficient (Wildman–Crippen LogP) is 2.95. The molecule has 0 radical (unpaired) electrons. The number of aromatic nitrogens is 1. The number of amides is 2. The van der Waals surface area contributed by atoms with Crippen LogP contribution in [0.4, 0.5) is 4.39 Å². The molecule has 178 valence electrons. The maximum absolute atomic E-state index is 13.2. The molecule has 2 aromatic rings. The smallest absolute Gasteiger partial charge is 0.265 e. The second-order valence-electron chi connectivity index (χ2n) is 8.68. The van der Waals surface area contributed by atoms with Gasteiger partial charge in [0.1, 0.15) is 15.7 Å². The van der Waals surface area contributed by atoms with Gasteiger partial charge in [0.05, 0.1) is 18.9 Å². The largest absolute Gasteiger partial charge is 0.379 e. The Bertz CT molecular complexity index is 951. The van der Waals surface area contributed by atoms with Crippen LogP contribution in [0, 0.1) is 18.7 Å². The first-order valence-electron chi connectivity index (χ1n) is 11.6. The molecule has 2 fully saturated rings. The minimum absolute atomic E-state index is 0.00762. The Balaban J connectivity index is 1.23. The zero-order valence-electron chi connectivity index (χ0n) is 19.0. The highest BCUT2D eigenvalue weighted by Crippen LogP contribution is 2.30. The Kier molecular flexibility index (Phi) is 8.06. The van der Waals surface area contributed by atoms with Gasteiger partial charge in [0, 0.05) is 51.3 Å². The van der Waals surface area contributed by atoms with Gasteiger partial charge in [-0.2, -0.15) is 0 Å². The molecule has 1 N–H and O–H groups in total. The Morgan fingerprint density at radius 2 is 1.85 bits per heavy atom. The van der Waals surface area contributed by atoms with Crippen molar-refractivity contribution in [2.24, 2.45) is 5.92 Å². The van der Waals surface area contributed by atoms with Crippen LogP contribution in [0.1, 0.15) is 34.6 Å². The lowest BCUT2D eigenvalue weighted by Gasteiger charge is -2.31. The summed E-state index contributed by atoms with van der Waals surface area (Å²) in [6.07, 6.45) is 2.16. The van der Waals surface area contributed by atoms with Crippen molar-refractivity contribution in [3.63, 3.8) is 0 Å². The molecule has 0 spiro atoms. The van der Waals surface area contributed by atoms with Crippen LogP contribution in [-0.4, -0.2) is 79.1 Å². The minimum atomic E-state index is -0.294. The van der Waals surface area contributed by atoms with Crippen LogP contribution in [0.25, 0.3) is 10.6 Å². The molecule has 4 rings (SSSR count).